The highest BCUT2D eigenvalue weighted by Gasteiger charge is 2.26. The van der Waals surface area contributed by atoms with Gasteiger partial charge in [0.1, 0.15) is 5.75 Å². The number of nitrogens with zero attached hydrogens (tertiary/aromatic N) is 1. The van der Waals surface area contributed by atoms with Crippen molar-refractivity contribution in [2.24, 2.45) is 11.7 Å². The van der Waals surface area contributed by atoms with Crippen molar-refractivity contribution in [1.29, 1.82) is 0 Å². The van der Waals surface area contributed by atoms with Crippen LogP contribution in [0.25, 0.3) is 0 Å². The van der Waals surface area contributed by atoms with Crippen molar-refractivity contribution in [2.75, 3.05) is 34.4 Å². The second kappa shape index (κ2) is 7.70. The average Bonchev–Trinajstić information content (AvgIpc) is 2.55. The molecule has 0 saturated carbocycles. The summed E-state index contributed by atoms with van der Waals surface area (Å²) in [7, 11) is 4.97. The van der Waals surface area contributed by atoms with E-state index in [4.69, 9.17) is 19.9 Å². The molecule has 1 aromatic rings. The largest absolute Gasteiger partial charge is 0.496 e. The molecule has 5 nitrogen and oxygen atoms in total. The van der Waals surface area contributed by atoms with Crippen LogP contribution in [0.1, 0.15) is 25.3 Å². The Hall–Kier alpha value is -1.46. The third kappa shape index (κ3) is 3.65. The molecule has 0 radical (unpaired) electrons. The number of hydrogen-bond acceptors (Lipinski definition) is 5. The van der Waals surface area contributed by atoms with Gasteiger partial charge in [-0.3, -0.25) is 4.90 Å². The Balaban J connectivity index is 2.24. The summed E-state index contributed by atoms with van der Waals surface area (Å²) in [6, 6.07) is 4.32. The molecule has 0 amide bonds. The minimum absolute atomic E-state index is 0.432. The van der Waals surface area contributed by atoms with E-state index in [9.17, 15) is 0 Å². The number of hydrogen-bond donors (Lipinski definition) is 1. The van der Waals surface area contributed by atoms with E-state index < -0.39 is 0 Å². The first-order chi connectivity index (χ1) is 10.6. The molecule has 0 aliphatic carbocycles. The van der Waals surface area contributed by atoms with Crippen molar-refractivity contribution in [3.8, 4) is 17.2 Å². The molecule has 1 aliphatic heterocycles. The monoisotopic (exact) mass is 308 g/mol. The van der Waals surface area contributed by atoms with Gasteiger partial charge in [0.15, 0.2) is 11.5 Å². The Morgan fingerprint density at radius 2 is 1.73 bits per heavy atom. The van der Waals surface area contributed by atoms with Crippen LogP contribution >= 0.6 is 0 Å². The molecule has 0 aromatic heterocycles. The Labute approximate surface area is 133 Å². The molecule has 0 bridgehead atoms. The zero-order chi connectivity index (χ0) is 16.1. The summed E-state index contributed by atoms with van der Waals surface area (Å²) < 4.78 is 16.3. The molecule has 2 unspecified atom stereocenters. The van der Waals surface area contributed by atoms with E-state index in [1.54, 1.807) is 21.3 Å². The number of benzene rings is 1. The van der Waals surface area contributed by atoms with Gasteiger partial charge in [0, 0.05) is 30.8 Å². The van der Waals surface area contributed by atoms with E-state index in [2.05, 4.69) is 11.8 Å². The number of likely N-dealkylation sites (tertiary alicyclic amines) is 1. The van der Waals surface area contributed by atoms with Gasteiger partial charge in [-0.25, -0.2) is 0 Å². The molecule has 2 rings (SSSR count). The third-order valence-corrected chi connectivity index (χ3v) is 4.53. The van der Waals surface area contributed by atoms with Crippen molar-refractivity contribution < 1.29 is 14.2 Å². The van der Waals surface area contributed by atoms with Crippen molar-refractivity contribution in [3.05, 3.63) is 17.7 Å². The quantitative estimate of drug-likeness (QED) is 0.873. The number of piperidine rings is 1. The molecule has 0 spiro atoms. The third-order valence-electron chi connectivity index (χ3n) is 4.53. The van der Waals surface area contributed by atoms with Gasteiger partial charge < -0.3 is 19.9 Å². The molecule has 1 aromatic carbocycles. The molecular formula is C17H28N2O3. The lowest BCUT2D eigenvalue weighted by molar-refractivity contribution is 0.114. The van der Waals surface area contributed by atoms with E-state index in [1.807, 2.05) is 12.1 Å². The average molecular weight is 308 g/mol. The van der Waals surface area contributed by atoms with Crippen LogP contribution in [0.5, 0.6) is 17.2 Å². The smallest absolute Gasteiger partial charge is 0.164 e. The van der Waals surface area contributed by atoms with Crippen molar-refractivity contribution >= 4 is 0 Å². The molecule has 22 heavy (non-hydrogen) atoms. The zero-order valence-corrected chi connectivity index (χ0v) is 14.1. The van der Waals surface area contributed by atoms with Gasteiger partial charge in [-0.05, 0) is 31.4 Å². The number of ether oxygens (including phenoxy) is 3. The Kier molecular flexibility index (Phi) is 5.91. The summed E-state index contributed by atoms with van der Waals surface area (Å²) >= 11 is 0. The van der Waals surface area contributed by atoms with Gasteiger partial charge in [0.2, 0.25) is 0 Å². The predicted molar refractivity (Wildman–Crippen MR) is 87.7 cm³/mol. The molecule has 5 heteroatoms. The molecule has 1 saturated heterocycles. The molecule has 2 N–H and O–H groups in total. The number of methoxy groups -OCH3 is 3. The lowest BCUT2D eigenvalue weighted by Crippen LogP contribution is -2.45. The van der Waals surface area contributed by atoms with Gasteiger partial charge in [-0.15, -0.1) is 0 Å². The van der Waals surface area contributed by atoms with Crippen LogP contribution in [0.2, 0.25) is 0 Å². The van der Waals surface area contributed by atoms with Crippen LogP contribution in [0.15, 0.2) is 12.1 Å². The van der Waals surface area contributed by atoms with Crippen LogP contribution in [-0.2, 0) is 6.54 Å². The fourth-order valence-electron chi connectivity index (χ4n) is 3.19. The van der Waals surface area contributed by atoms with E-state index in [-0.39, 0.29) is 0 Å². The van der Waals surface area contributed by atoms with Crippen LogP contribution in [-0.4, -0.2) is 45.4 Å². The molecule has 2 atom stereocenters. The molecule has 124 valence electrons. The Bertz CT molecular complexity index is 493. The minimum Gasteiger partial charge on any atom is -0.496 e. The molecular weight excluding hydrogens is 280 g/mol. The molecule has 1 fully saturated rings. The maximum absolute atomic E-state index is 5.96. The summed E-state index contributed by atoms with van der Waals surface area (Å²) in [5.74, 6) is 2.99. The maximum atomic E-state index is 5.96. The van der Waals surface area contributed by atoms with Gasteiger partial charge in [0.05, 0.1) is 21.3 Å². The lowest BCUT2D eigenvalue weighted by Gasteiger charge is -2.38. The molecule has 1 aliphatic rings. The highest BCUT2D eigenvalue weighted by atomic mass is 16.5. The van der Waals surface area contributed by atoms with Crippen LogP contribution < -0.4 is 19.9 Å². The molecule has 1 heterocycles. The second-order valence-electron chi connectivity index (χ2n) is 6.01. The fraction of sp³-hybridized carbons (Fsp3) is 0.647. The zero-order valence-electron chi connectivity index (χ0n) is 14.1. The minimum atomic E-state index is 0.432. The van der Waals surface area contributed by atoms with E-state index >= 15 is 0 Å². The van der Waals surface area contributed by atoms with Crippen LogP contribution in [0, 0.1) is 5.92 Å². The standard InChI is InChI=1S/C17H28N2O3/c1-12-5-6-19(14(7-12)10-18)11-13-8-16(21-3)17(22-4)9-15(13)20-2/h8-9,12,14H,5-7,10-11,18H2,1-4H3. The SMILES string of the molecule is COc1cc(OC)c(OC)cc1CN1CCC(C)CC1CN. The maximum Gasteiger partial charge on any atom is 0.164 e. The van der Waals surface area contributed by atoms with E-state index in [0.717, 1.165) is 42.5 Å². The van der Waals surface area contributed by atoms with E-state index in [0.29, 0.717) is 18.3 Å². The number of rotatable bonds is 6. The van der Waals surface area contributed by atoms with Gasteiger partial charge >= 0.3 is 0 Å². The summed E-state index contributed by atoms with van der Waals surface area (Å²) in [5, 5.41) is 0. The normalized spacial score (nSPS) is 22.4. The predicted octanol–water partition coefficient (Wildman–Crippen LogP) is 2.27. The van der Waals surface area contributed by atoms with Crippen LogP contribution in [0.3, 0.4) is 0 Å². The summed E-state index contributed by atoms with van der Waals surface area (Å²) in [6.45, 7) is 4.88. The lowest BCUT2D eigenvalue weighted by atomic mass is 9.92. The number of nitrogens with two attached hydrogens (primary N) is 1. The first-order valence-electron chi connectivity index (χ1n) is 7.85. The summed E-state index contributed by atoms with van der Waals surface area (Å²) in [4.78, 5) is 2.45. The highest BCUT2D eigenvalue weighted by Crippen LogP contribution is 2.36. The summed E-state index contributed by atoms with van der Waals surface area (Å²) in [6.07, 6.45) is 2.37. The van der Waals surface area contributed by atoms with E-state index in [1.165, 1.54) is 6.42 Å². The van der Waals surface area contributed by atoms with Crippen molar-refractivity contribution in [2.45, 2.75) is 32.4 Å². The van der Waals surface area contributed by atoms with Gasteiger partial charge in [-0.1, -0.05) is 6.92 Å². The van der Waals surface area contributed by atoms with Crippen LogP contribution in [0.4, 0.5) is 0 Å². The first-order valence-corrected chi connectivity index (χ1v) is 7.85. The second-order valence-corrected chi connectivity index (χ2v) is 6.01. The van der Waals surface area contributed by atoms with Crippen molar-refractivity contribution in [1.82, 2.24) is 4.90 Å². The Morgan fingerprint density at radius 3 is 2.32 bits per heavy atom. The fourth-order valence-corrected chi connectivity index (χ4v) is 3.19. The first kappa shape index (κ1) is 16.9. The topological polar surface area (TPSA) is 57.0 Å². The van der Waals surface area contributed by atoms with Gasteiger partial charge in [0.25, 0.3) is 0 Å². The van der Waals surface area contributed by atoms with Crippen molar-refractivity contribution in [3.63, 3.8) is 0 Å². The van der Waals surface area contributed by atoms with Gasteiger partial charge in [-0.2, -0.15) is 0 Å². The highest BCUT2D eigenvalue weighted by molar-refractivity contribution is 5.50. The Morgan fingerprint density at radius 1 is 1.09 bits per heavy atom. The summed E-state index contributed by atoms with van der Waals surface area (Å²) in [5.41, 5.74) is 7.07.